The molecule has 2 N–H and O–H groups in total. The highest BCUT2D eigenvalue weighted by atomic mass is 16.3. The molecule has 0 heterocycles. The number of hydrogen-bond donors (Lipinski definition) is 2. The molecule has 0 atom stereocenters. The van der Waals surface area contributed by atoms with Gasteiger partial charge in [0.2, 0.25) is 0 Å². The topological polar surface area (TPSA) is 40.5 Å². The first-order valence-electron chi connectivity index (χ1n) is 1.80. The summed E-state index contributed by atoms with van der Waals surface area (Å²) >= 11 is 0. The Hall–Kier alpha value is -0.340. The third-order valence-electron chi connectivity index (χ3n) is 0.805. The lowest BCUT2D eigenvalue weighted by Crippen LogP contribution is -2.13. The third kappa shape index (κ3) is 0.441. The average Bonchev–Trinajstić information content (AvgIpc) is 2.22. The van der Waals surface area contributed by atoms with Crippen LogP contribution in [0.4, 0.5) is 0 Å². The summed E-state index contributed by atoms with van der Waals surface area (Å²) in [7, 11) is 0. The Bertz CT molecular complexity index is 79.5. The zero-order valence-corrected chi connectivity index (χ0v) is 3.26. The molecule has 1 aliphatic carbocycles. The minimum absolute atomic E-state index is 0.174. The fourth-order valence-electron chi connectivity index (χ4n) is 0.202. The Kier molecular flexibility index (Phi) is 0.532. The molecule has 2 heteroatoms. The van der Waals surface area contributed by atoms with Crippen molar-refractivity contribution in [3.63, 3.8) is 0 Å². The lowest BCUT2D eigenvalue weighted by molar-refractivity contribution is 0.0958. The van der Waals surface area contributed by atoms with E-state index in [9.17, 15) is 0 Å². The van der Waals surface area contributed by atoms with E-state index in [2.05, 4.69) is 0 Å². The summed E-state index contributed by atoms with van der Waals surface area (Å²) in [5.74, 6) is 0. The van der Waals surface area contributed by atoms with Crippen molar-refractivity contribution in [3.8, 4) is 0 Å². The zero-order chi connectivity index (χ0) is 4.62. The second-order valence-electron chi connectivity index (χ2n) is 1.48. The van der Waals surface area contributed by atoms with Crippen LogP contribution < -0.4 is 0 Å². The quantitative estimate of drug-likeness (QED) is 0.413. The first-order valence-corrected chi connectivity index (χ1v) is 1.80. The van der Waals surface area contributed by atoms with Gasteiger partial charge in [-0.15, -0.1) is 0 Å². The van der Waals surface area contributed by atoms with Crippen LogP contribution in [0.1, 0.15) is 0 Å². The summed E-state index contributed by atoms with van der Waals surface area (Å²) in [6.45, 7) is -0.174. The maximum atomic E-state index is 8.58. The van der Waals surface area contributed by atoms with Crippen LogP contribution in [0.25, 0.3) is 0 Å². The summed E-state index contributed by atoms with van der Waals surface area (Å²) in [6.07, 6.45) is 3.10. The van der Waals surface area contributed by atoms with E-state index < -0.39 is 5.60 Å². The molecular formula is C4H6O2. The van der Waals surface area contributed by atoms with Gasteiger partial charge >= 0.3 is 0 Å². The smallest absolute Gasteiger partial charge is 0.124 e. The molecule has 0 saturated heterocycles. The molecule has 1 aliphatic rings. The highest BCUT2D eigenvalue weighted by Gasteiger charge is 2.28. The van der Waals surface area contributed by atoms with E-state index in [0.717, 1.165) is 0 Å². The van der Waals surface area contributed by atoms with E-state index in [4.69, 9.17) is 10.2 Å². The molecule has 2 nitrogen and oxygen atoms in total. The van der Waals surface area contributed by atoms with Gasteiger partial charge in [-0.2, -0.15) is 0 Å². The molecule has 0 saturated carbocycles. The molecular weight excluding hydrogens is 80.0 g/mol. The van der Waals surface area contributed by atoms with Crippen molar-refractivity contribution in [2.75, 3.05) is 6.61 Å². The Balaban J connectivity index is 2.32. The molecule has 0 aromatic rings. The molecule has 0 unspecified atom stereocenters. The summed E-state index contributed by atoms with van der Waals surface area (Å²) in [4.78, 5) is 0. The standard InChI is InChI=1S/C4H6O2/c5-3-4(6)1-2-4/h1-2,5-6H,3H2. The van der Waals surface area contributed by atoms with Gasteiger partial charge in [-0.1, -0.05) is 0 Å². The molecule has 0 aliphatic heterocycles. The van der Waals surface area contributed by atoms with Crippen LogP contribution >= 0.6 is 0 Å². The fourth-order valence-corrected chi connectivity index (χ4v) is 0.202. The largest absolute Gasteiger partial charge is 0.393 e. The molecule has 0 fully saturated rings. The fraction of sp³-hybridized carbons (Fsp3) is 0.500. The van der Waals surface area contributed by atoms with Gasteiger partial charge in [-0.25, -0.2) is 0 Å². The van der Waals surface area contributed by atoms with Gasteiger partial charge in [0, 0.05) is 0 Å². The Morgan fingerprint density at radius 2 is 2.00 bits per heavy atom. The predicted molar refractivity (Wildman–Crippen MR) is 21.2 cm³/mol. The molecule has 0 aromatic heterocycles. The monoisotopic (exact) mass is 86.0 g/mol. The maximum absolute atomic E-state index is 8.58. The molecule has 0 spiro atoms. The Labute approximate surface area is 35.7 Å². The summed E-state index contributed by atoms with van der Waals surface area (Å²) in [6, 6.07) is 0. The van der Waals surface area contributed by atoms with Gasteiger partial charge in [0.15, 0.2) is 0 Å². The average molecular weight is 86.1 g/mol. The molecule has 0 aromatic carbocycles. The SMILES string of the molecule is OCC1(O)C=C1. The Morgan fingerprint density at radius 1 is 1.50 bits per heavy atom. The van der Waals surface area contributed by atoms with Crippen molar-refractivity contribution in [1.82, 2.24) is 0 Å². The zero-order valence-electron chi connectivity index (χ0n) is 3.26. The maximum Gasteiger partial charge on any atom is 0.124 e. The number of aliphatic hydroxyl groups is 2. The van der Waals surface area contributed by atoms with E-state index in [1.54, 1.807) is 12.2 Å². The van der Waals surface area contributed by atoms with Crippen LogP contribution in [-0.4, -0.2) is 22.4 Å². The summed E-state index contributed by atoms with van der Waals surface area (Å²) < 4.78 is 0. The molecule has 34 valence electrons. The van der Waals surface area contributed by atoms with Crippen molar-refractivity contribution in [3.05, 3.63) is 12.2 Å². The number of hydrogen-bond acceptors (Lipinski definition) is 2. The number of aliphatic hydroxyl groups excluding tert-OH is 1. The van der Waals surface area contributed by atoms with Crippen molar-refractivity contribution in [2.24, 2.45) is 0 Å². The van der Waals surface area contributed by atoms with Crippen molar-refractivity contribution in [1.29, 1.82) is 0 Å². The first kappa shape index (κ1) is 3.84. The van der Waals surface area contributed by atoms with E-state index in [-0.39, 0.29) is 6.61 Å². The van der Waals surface area contributed by atoms with Gasteiger partial charge in [-0.3, -0.25) is 0 Å². The molecule has 0 bridgehead atoms. The van der Waals surface area contributed by atoms with E-state index in [1.807, 2.05) is 0 Å². The van der Waals surface area contributed by atoms with Crippen molar-refractivity contribution >= 4 is 0 Å². The highest BCUT2D eigenvalue weighted by Crippen LogP contribution is 2.20. The first-order chi connectivity index (χ1) is 2.77. The summed E-state index contributed by atoms with van der Waals surface area (Å²) in [5, 5.41) is 16.7. The second-order valence-corrected chi connectivity index (χ2v) is 1.48. The number of rotatable bonds is 1. The normalized spacial score (nSPS) is 24.3. The van der Waals surface area contributed by atoms with Crippen LogP contribution in [0.3, 0.4) is 0 Å². The van der Waals surface area contributed by atoms with E-state index >= 15 is 0 Å². The van der Waals surface area contributed by atoms with Crippen LogP contribution in [-0.2, 0) is 0 Å². The van der Waals surface area contributed by atoms with Crippen molar-refractivity contribution < 1.29 is 10.2 Å². The molecule has 6 heavy (non-hydrogen) atoms. The second kappa shape index (κ2) is 0.832. The van der Waals surface area contributed by atoms with Gasteiger partial charge in [-0.05, 0) is 12.2 Å². The van der Waals surface area contributed by atoms with Crippen LogP contribution in [0.5, 0.6) is 0 Å². The lowest BCUT2D eigenvalue weighted by Gasteiger charge is -1.97. The van der Waals surface area contributed by atoms with Crippen LogP contribution in [0, 0.1) is 0 Å². The van der Waals surface area contributed by atoms with Crippen LogP contribution in [0.2, 0.25) is 0 Å². The Morgan fingerprint density at radius 3 is 2.00 bits per heavy atom. The van der Waals surface area contributed by atoms with Gasteiger partial charge in [0.05, 0.1) is 6.61 Å². The molecule has 0 amide bonds. The van der Waals surface area contributed by atoms with E-state index in [0.29, 0.717) is 0 Å². The van der Waals surface area contributed by atoms with Crippen LogP contribution in [0.15, 0.2) is 12.2 Å². The van der Waals surface area contributed by atoms with Gasteiger partial charge < -0.3 is 10.2 Å². The van der Waals surface area contributed by atoms with Crippen molar-refractivity contribution in [2.45, 2.75) is 5.60 Å². The molecule has 0 radical (unpaired) electrons. The van der Waals surface area contributed by atoms with Gasteiger partial charge in [0.25, 0.3) is 0 Å². The molecule has 1 rings (SSSR count). The lowest BCUT2D eigenvalue weighted by atomic mass is 10.3. The third-order valence-corrected chi connectivity index (χ3v) is 0.805. The highest BCUT2D eigenvalue weighted by molar-refractivity contribution is 5.28. The van der Waals surface area contributed by atoms with E-state index in [1.165, 1.54) is 0 Å². The minimum Gasteiger partial charge on any atom is -0.393 e. The summed E-state index contributed by atoms with van der Waals surface area (Å²) in [5.41, 5.74) is -0.903. The minimum atomic E-state index is -0.903. The predicted octanol–water partition coefficient (Wildman–Crippen LogP) is -0.720. The van der Waals surface area contributed by atoms with Gasteiger partial charge in [0.1, 0.15) is 5.60 Å².